The van der Waals surface area contributed by atoms with E-state index in [4.69, 9.17) is 4.74 Å². The Morgan fingerprint density at radius 1 is 1.10 bits per heavy atom. The van der Waals surface area contributed by atoms with Crippen LogP contribution in [0.3, 0.4) is 0 Å². The number of amidine groups is 1. The topological polar surface area (TPSA) is 36.9 Å². The third-order valence-corrected chi connectivity index (χ3v) is 3.68. The van der Waals surface area contributed by atoms with Crippen LogP contribution in [-0.2, 0) is 0 Å². The van der Waals surface area contributed by atoms with Crippen molar-refractivity contribution in [3.8, 4) is 11.5 Å². The van der Waals surface area contributed by atoms with Crippen LogP contribution in [0.4, 0.5) is 11.4 Å². The van der Waals surface area contributed by atoms with Crippen molar-refractivity contribution < 1.29 is 4.74 Å². The summed E-state index contributed by atoms with van der Waals surface area (Å²) < 4.78 is 5.99. The molecule has 0 aliphatic carbocycles. The predicted octanol–water partition coefficient (Wildman–Crippen LogP) is 3.74. The molecule has 0 bridgehead atoms. The molecule has 0 radical (unpaired) electrons. The number of nitrogens with zero attached hydrogens (tertiary/aromatic N) is 2. The first-order valence-electron chi connectivity index (χ1n) is 6.94. The Labute approximate surface area is 123 Å². The van der Waals surface area contributed by atoms with Gasteiger partial charge in [-0.05, 0) is 30.3 Å². The molecule has 21 heavy (non-hydrogen) atoms. The van der Waals surface area contributed by atoms with Gasteiger partial charge in [-0.25, -0.2) is 4.99 Å². The Morgan fingerprint density at radius 2 is 1.95 bits per heavy atom. The molecule has 2 heterocycles. The Balaban J connectivity index is 1.83. The van der Waals surface area contributed by atoms with Crippen molar-refractivity contribution in [1.29, 1.82) is 0 Å². The minimum Gasteiger partial charge on any atom is -0.453 e. The van der Waals surface area contributed by atoms with E-state index in [-0.39, 0.29) is 0 Å². The summed E-state index contributed by atoms with van der Waals surface area (Å²) in [6.07, 6.45) is 3.89. The van der Waals surface area contributed by atoms with Gasteiger partial charge in [-0.1, -0.05) is 18.2 Å². The maximum Gasteiger partial charge on any atom is 0.151 e. The SMILES string of the molecule is CN1CC=CN=C1c1cccc2c1Nc1ccccc1O2. The largest absolute Gasteiger partial charge is 0.453 e. The lowest BCUT2D eigenvalue weighted by molar-refractivity contribution is 0.480. The van der Waals surface area contributed by atoms with Crippen molar-refractivity contribution in [2.75, 3.05) is 18.9 Å². The number of anilines is 2. The van der Waals surface area contributed by atoms with Gasteiger partial charge in [-0.3, -0.25) is 0 Å². The molecule has 2 aromatic carbocycles. The number of ether oxygens (including phenoxy) is 1. The highest BCUT2D eigenvalue weighted by Gasteiger charge is 2.22. The van der Waals surface area contributed by atoms with E-state index in [9.17, 15) is 0 Å². The number of nitrogens with one attached hydrogen (secondary N) is 1. The molecule has 4 rings (SSSR count). The second-order valence-corrected chi connectivity index (χ2v) is 5.12. The number of hydrogen-bond donors (Lipinski definition) is 1. The van der Waals surface area contributed by atoms with Gasteiger partial charge in [0.25, 0.3) is 0 Å². The van der Waals surface area contributed by atoms with Crippen molar-refractivity contribution >= 4 is 17.2 Å². The number of fused-ring (bicyclic) bond motifs is 2. The minimum atomic E-state index is 0.830. The summed E-state index contributed by atoms with van der Waals surface area (Å²) in [5, 5.41) is 3.47. The molecular weight excluding hydrogens is 262 g/mol. The van der Waals surface area contributed by atoms with Crippen molar-refractivity contribution in [3.05, 3.63) is 60.3 Å². The fourth-order valence-electron chi connectivity index (χ4n) is 2.63. The number of para-hydroxylation sites is 3. The van der Waals surface area contributed by atoms with E-state index in [1.807, 2.05) is 55.7 Å². The quantitative estimate of drug-likeness (QED) is 0.736. The average molecular weight is 277 g/mol. The number of likely N-dealkylation sites (N-methyl/N-ethyl adjacent to an activating group) is 1. The van der Waals surface area contributed by atoms with E-state index in [0.717, 1.165) is 40.8 Å². The summed E-state index contributed by atoms with van der Waals surface area (Å²) in [6.45, 7) is 0.861. The van der Waals surface area contributed by atoms with E-state index < -0.39 is 0 Å². The number of aliphatic imine (C=N–C) groups is 1. The van der Waals surface area contributed by atoms with Crippen molar-refractivity contribution in [1.82, 2.24) is 4.90 Å². The summed E-state index contributed by atoms with van der Waals surface area (Å²) in [5.41, 5.74) is 3.00. The molecule has 0 saturated heterocycles. The second-order valence-electron chi connectivity index (χ2n) is 5.12. The van der Waals surface area contributed by atoms with E-state index >= 15 is 0 Å². The lowest BCUT2D eigenvalue weighted by atomic mass is 10.1. The zero-order valence-corrected chi connectivity index (χ0v) is 11.7. The van der Waals surface area contributed by atoms with Crippen LogP contribution in [0.25, 0.3) is 0 Å². The summed E-state index contributed by atoms with van der Waals surface area (Å²) >= 11 is 0. The van der Waals surface area contributed by atoms with Crippen LogP contribution in [0.2, 0.25) is 0 Å². The molecule has 4 nitrogen and oxygen atoms in total. The Morgan fingerprint density at radius 3 is 2.86 bits per heavy atom. The van der Waals surface area contributed by atoms with E-state index in [1.54, 1.807) is 0 Å². The van der Waals surface area contributed by atoms with Crippen LogP contribution in [0.5, 0.6) is 11.5 Å². The molecule has 0 amide bonds. The number of hydrogen-bond acceptors (Lipinski definition) is 4. The van der Waals surface area contributed by atoms with Crippen LogP contribution < -0.4 is 10.1 Å². The monoisotopic (exact) mass is 277 g/mol. The first-order chi connectivity index (χ1) is 10.3. The van der Waals surface area contributed by atoms with Gasteiger partial charge in [0.15, 0.2) is 11.5 Å². The molecule has 4 heteroatoms. The molecule has 2 aromatic rings. The van der Waals surface area contributed by atoms with Gasteiger partial charge in [-0.2, -0.15) is 0 Å². The maximum absolute atomic E-state index is 5.99. The Bertz CT molecular complexity index is 764. The lowest BCUT2D eigenvalue weighted by Gasteiger charge is -2.27. The van der Waals surface area contributed by atoms with Gasteiger partial charge in [0, 0.05) is 25.4 Å². The highest BCUT2D eigenvalue weighted by Crippen LogP contribution is 2.43. The normalized spacial score (nSPS) is 15.5. The zero-order chi connectivity index (χ0) is 14.2. The number of rotatable bonds is 1. The standard InChI is InChI=1S/C17H15N3O/c1-20-11-5-10-18-17(20)12-6-4-9-15-16(12)19-13-7-2-3-8-14(13)21-15/h2-10,19H,11H2,1H3. The highest BCUT2D eigenvalue weighted by molar-refractivity contribution is 6.06. The molecule has 2 aliphatic heterocycles. The minimum absolute atomic E-state index is 0.830. The fourth-order valence-corrected chi connectivity index (χ4v) is 2.63. The van der Waals surface area contributed by atoms with Gasteiger partial charge < -0.3 is 15.0 Å². The Kier molecular flexibility index (Phi) is 2.67. The zero-order valence-electron chi connectivity index (χ0n) is 11.7. The number of benzene rings is 2. The highest BCUT2D eigenvalue weighted by atomic mass is 16.5. The van der Waals surface area contributed by atoms with E-state index in [1.165, 1.54) is 0 Å². The van der Waals surface area contributed by atoms with Gasteiger partial charge >= 0.3 is 0 Å². The van der Waals surface area contributed by atoms with Gasteiger partial charge in [0.2, 0.25) is 0 Å². The molecule has 104 valence electrons. The molecule has 1 N–H and O–H groups in total. The van der Waals surface area contributed by atoms with E-state index in [2.05, 4.69) is 21.3 Å². The third kappa shape index (κ3) is 1.96. The van der Waals surface area contributed by atoms with Gasteiger partial charge in [-0.15, -0.1) is 0 Å². The third-order valence-electron chi connectivity index (χ3n) is 3.68. The van der Waals surface area contributed by atoms with Crippen LogP contribution in [-0.4, -0.2) is 24.3 Å². The first-order valence-corrected chi connectivity index (χ1v) is 6.94. The Hall–Kier alpha value is -2.75. The maximum atomic E-state index is 5.99. The van der Waals surface area contributed by atoms with Crippen molar-refractivity contribution in [3.63, 3.8) is 0 Å². The van der Waals surface area contributed by atoms with Crippen LogP contribution in [0.15, 0.2) is 59.7 Å². The van der Waals surface area contributed by atoms with E-state index in [0.29, 0.717) is 0 Å². The summed E-state index contributed by atoms with van der Waals surface area (Å²) in [7, 11) is 2.04. The smallest absolute Gasteiger partial charge is 0.151 e. The molecule has 0 atom stereocenters. The summed E-state index contributed by atoms with van der Waals surface area (Å²) in [4.78, 5) is 6.63. The summed E-state index contributed by atoms with van der Waals surface area (Å²) in [6, 6.07) is 14.0. The molecule has 0 unspecified atom stereocenters. The molecule has 2 aliphatic rings. The average Bonchev–Trinajstić information content (AvgIpc) is 2.53. The predicted molar refractivity (Wildman–Crippen MR) is 84.5 cm³/mol. The molecule has 0 saturated carbocycles. The summed E-state index contributed by atoms with van der Waals surface area (Å²) in [5.74, 6) is 2.63. The van der Waals surface area contributed by atoms with Crippen LogP contribution >= 0.6 is 0 Å². The van der Waals surface area contributed by atoms with Gasteiger partial charge in [0.1, 0.15) is 5.84 Å². The fraction of sp³-hybridized carbons (Fsp3) is 0.118. The van der Waals surface area contributed by atoms with Gasteiger partial charge in [0.05, 0.1) is 11.4 Å². The van der Waals surface area contributed by atoms with Crippen LogP contribution in [0, 0.1) is 0 Å². The molecule has 0 aromatic heterocycles. The van der Waals surface area contributed by atoms with Crippen molar-refractivity contribution in [2.24, 2.45) is 4.99 Å². The lowest BCUT2D eigenvalue weighted by Crippen LogP contribution is -2.30. The molecule has 0 spiro atoms. The second kappa shape index (κ2) is 4.66. The van der Waals surface area contributed by atoms with Crippen molar-refractivity contribution in [2.45, 2.75) is 0 Å². The molecular formula is C17H15N3O. The first kappa shape index (κ1) is 12.0. The molecule has 0 fully saturated rings. The van der Waals surface area contributed by atoms with Crippen LogP contribution in [0.1, 0.15) is 5.56 Å².